The van der Waals surface area contributed by atoms with Gasteiger partial charge in [-0.05, 0) is 48.0 Å². The van der Waals surface area contributed by atoms with Crippen LogP contribution < -0.4 is 14.4 Å². The summed E-state index contributed by atoms with van der Waals surface area (Å²) >= 11 is 0. The van der Waals surface area contributed by atoms with Gasteiger partial charge >= 0.3 is 0 Å². The lowest BCUT2D eigenvalue weighted by atomic mass is 10.0. The fourth-order valence-corrected chi connectivity index (χ4v) is 3.72. The fraction of sp³-hybridized carbons (Fsp3) is 0.250. The van der Waals surface area contributed by atoms with E-state index >= 15 is 0 Å². The minimum Gasteiger partial charge on any atom is -0.497 e. The smallest absolute Gasteiger partial charge is 0.254 e. The third-order valence-electron chi connectivity index (χ3n) is 5.37. The number of piperazine rings is 1. The maximum absolute atomic E-state index is 13.2. The second-order valence-electron chi connectivity index (χ2n) is 7.11. The molecule has 0 saturated carbocycles. The van der Waals surface area contributed by atoms with Crippen molar-refractivity contribution in [2.24, 2.45) is 0 Å². The summed E-state index contributed by atoms with van der Waals surface area (Å²) in [4.78, 5) is 21.7. The van der Waals surface area contributed by atoms with Crippen molar-refractivity contribution in [1.29, 1.82) is 0 Å². The molecule has 3 aromatic rings. The highest BCUT2D eigenvalue weighted by molar-refractivity contribution is 5.96. The van der Waals surface area contributed by atoms with Gasteiger partial charge in [0.25, 0.3) is 5.91 Å². The van der Waals surface area contributed by atoms with Crippen molar-refractivity contribution in [2.45, 2.75) is 0 Å². The number of rotatable bonds is 5. The van der Waals surface area contributed by atoms with Crippen LogP contribution in [0, 0.1) is 0 Å². The summed E-state index contributed by atoms with van der Waals surface area (Å²) in [6.07, 6.45) is 1.80. The molecule has 2 heterocycles. The summed E-state index contributed by atoms with van der Waals surface area (Å²) in [7, 11) is 3.28. The van der Waals surface area contributed by atoms with Crippen LogP contribution in [0.5, 0.6) is 11.5 Å². The molecule has 0 unspecified atom stereocenters. The van der Waals surface area contributed by atoms with Crippen molar-refractivity contribution in [3.63, 3.8) is 0 Å². The summed E-state index contributed by atoms with van der Waals surface area (Å²) < 4.78 is 10.9. The summed E-state index contributed by atoms with van der Waals surface area (Å²) in [5.74, 6) is 2.47. The molecule has 1 aliphatic rings. The van der Waals surface area contributed by atoms with Gasteiger partial charge < -0.3 is 19.3 Å². The van der Waals surface area contributed by atoms with Gasteiger partial charge in [0.15, 0.2) is 0 Å². The highest BCUT2D eigenvalue weighted by Gasteiger charge is 2.23. The molecule has 6 heteroatoms. The third kappa shape index (κ3) is 4.08. The zero-order valence-electron chi connectivity index (χ0n) is 17.2. The zero-order chi connectivity index (χ0) is 20.9. The normalized spacial score (nSPS) is 13.8. The van der Waals surface area contributed by atoms with Crippen molar-refractivity contribution >= 4 is 11.7 Å². The van der Waals surface area contributed by atoms with Gasteiger partial charge in [-0.3, -0.25) is 4.79 Å². The zero-order valence-corrected chi connectivity index (χ0v) is 17.2. The number of nitrogens with zero attached hydrogens (tertiary/aromatic N) is 3. The Hall–Kier alpha value is -3.54. The molecular formula is C24H25N3O3. The van der Waals surface area contributed by atoms with Crippen molar-refractivity contribution in [1.82, 2.24) is 9.88 Å². The Labute approximate surface area is 176 Å². The van der Waals surface area contributed by atoms with E-state index in [0.29, 0.717) is 18.7 Å². The second-order valence-corrected chi connectivity index (χ2v) is 7.11. The van der Waals surface area contributed by atoms with Gasteiger partial charge in [0.05, 0.1) is 14.2 Å². The van der Waals surface area contributed by atoms with Crippen LogP contribution in [0.1, 0.15) is 10.4 Å². The number of ether oxygens (including phenoxy) is 2. The van der Waals surface area contributed by atoms with E-state index in [1.807, 2.05) is 65.6 Å². The van der Waals surface area contributed by atoms with Crippen LogP contribution in [-0.4, -0.2) is 56.2 Å². The van der Waals surface area contributed by atoms with E-state index in [1.54, 1.807) is 20.4 Å². The molecule has 154 valence electrons. The Balaban J connectivity index is 1.53. The first-order valence-electron chi connectivity index (χ1n) is 9.97. The van der Waals surface area contributed by atoms with Crippen LogP contribution in [0.15, 0.2) is 66.9 Å². The number of hydrogen-bond acceptors (Lipinski definition) is 5. The predicted octanol–water partition coefficient (Wildman–Crippen LogP) is 3.73. The number of amides is 1. The number of benzene rings is 2. The number of aromatic nitrogens is 1. The van der Waals surface area contributed by atoms with Gasteiger partial charge in [-0.1, -0.05) is 18.2 Å². The van der Waals surface area contributed by atoms with Crippen LogP contribution in [0.25, 0.3) is 11.1 Å². The topological polar surface area (TPSA) is 54.9 Å². The average molecular weight is 403 g/mol. The molecule has 6 nitrogen and oxygen atoms in total. The van der Waals surface area contributed by atoms with E-state index in [4.69, 9.17) is 9.47 Å². The summed E-state index contributed by atoms with van der Waals surface area (Å²) in [6.45, 7) is 2.86. The van der Waals surface area contributed by atoms with E-state index in [0.717, 1.165) is 41.5 Å². The standard InChI is InChI=1S/C24H25N3O3/c1-29-20-7-5-6-18(16-20)21-17-19(9-10-22(21)30-2)24(28)27-14-12-26(13-15-27)23-8-3-4-11-25-23/h3-11,16-17H,12-15H2,1-2H3. The maximum atomic E-state index is 13.2. The molecule has 1 aliphatic heterocycles. The summed E-state index contributed by atoms with van der Waals surface area (Å²) in [6, 6.07) is 19.2. The van der Waals surface area contributed by atoms with Gasteiger partial charge in [-0.15, -0.1) is 0 Å². The quantitative estimate of drug-likeness (QED) is 0.650. The van der Waals surface area contributed by atoms with Gasteiger partial charge in [-0.2, -0.15) is 0 Å². The Morgan fingerprint density at radius 1 is 0.900 bits per heavy atom. The highest BCUT2D eigenvalue weighted by Crippen LogP contribution is 2.33. The Kier molecular flexibility index (Phi) is 5.84. The number of pyridine rings is 1. The predicted molar refractivity (Wildman–Crippen MR) is 117 cm³/mol. The molecule has 0 spiro atoms. The monoisotopic (exact) mass is 403 g/mol. The van der Waals surface area contributed by atoms with Crippen LogP contribution in [-0.2, 0) is 0 Å². The lowest BCUT2D eigenvalue weighted by molar-refractivity contribution is 0.0746. The number of carbonyl (C=O) groups excluding carboxylic acids is 1. The fourth-order valence-electron chi connectivity index (χ4n) is 3.72. The van der Waals surface area contributed by atoms with Crippen LogP contribution >= 0.6 is 0 Å². The number of methoxy groups -OCH3 is 2. The molecule has 1 saturated heterocycles. The molecule has 30 heavy (non-hydrogen) atoms. The molecule has 2 aromatic carbocycles. The molecular weight excluding hydrogens is 378 g/mol. The molecule has 0 N–H and O–H groups in total. The molecule has 1 fully saturated rings. The van der Waals surface area contributed by atoms with Gasteiger partial charge in [0, 0.05) is 43.5 Å². The molecule has 0 bridgehead atoms. The van der Waals surface area contributed by atoms with Gasteiger partial charge in [0.2, 0.25) is 0 Å². The molecule has 1 amide bonds. The summed E-state index contributed by atoms with van der Waals surface area (Å²) in [5.41, 5.74) is 2.47. The van der Waals surface area contributed by atoms with Crippen LogP contribution in [0.2, 0.25) is 0 Å². The van der Waals surface area contributed by atoms with Crippen molar-refractivity contribution in [2.75, 3.05) is 45.3 Å². The van der Waals surface area contributed by atoms with Crippen LogP contribution in [0.4, 0.5) is 5.82 Å². The lowest BCUT2D eigenvalue weighted by Gasteiger charge is -2.35. The summed E-state index contributed by atoms with van der Waals surface area (Å²) in [5, 5.41) is 0. The third-order valence-corrected chi connectivity index (χ3v) is 5.37. The Morgan fingerprint density at radius 2 is 1.73 bits per heavy atom. The first-order chi connectivity index (χ1) is 14.7. The van der Waals surface area contributed by atoms with Crippen LogP contribution in [0.3, 0.4) is 0 Å². The average Bonchev–Trinajstić information content (AvgIpc) is 2.84. The highest BCUT2D eigenvalue weighted by atomic mass is 16.5. The van der Waals surface area contributed by atoms with Crippen molar-refractivity contribution < 1.29 is 14.3 Å². The Bertz CT molecular complexity index is 1020. The largest absolute Gasteiger partial charge is 0.497 e. The number of carbonyl (C=O) groups is 1. The minimum absolute atomic E-state index is 0.0301. The first kappa shape index (κ1) is 19.8. The maximum Gasteiger partial charge on any atom is 0.254 e. The minimum atomic E-state index is 0.0301. The molecule has 0 radical (unpaired) electrons. The first-order valence-corrected chi connectivity index (χ1v) is 9.97. The Morgan fingerprint density at radius 3 is 2.43 bits per heavy atom. The number of hydrogen-bond donors (Lipinski definition) is 0. The molecule has 0 atom stereocenters. The van der Waals surface area contributed by atoms with Crippen molar-refractivity contribution in [3.05, 3.63) is 72.4 Å². The second kappa shape index (κ2) is 8.86. The number of anilines is 1. The van der Waals surface area contributed by atoms with E-state index in [1.165, 1.54) is 0 Å². The van der Waals surface area contributed by atoms with Gasteiger partial charge in [0.1, 0.15) is 17.3 Å². The van der Waals surface area contributed by atoms with E-state index < -0.39 is 0 Å². The molecule has 4 rings (SSSR count). The lowest BCUT2D eigenvalue weighted by Crippen LogP contribution is -2.49. The molecule has 1 aromatic heterocycles. The van der Waals surface area contributed by atoms with E-state index in [-0.39, 0.29) is 5.91 Å². The van der Waals surface area contributed by atoms with Gasteiger partial charge in [-0.25, -0.2) is 4.98 Å². The van der Waals surface area contributed by atoms with Crippen molar-refractivity contribution in [3.8, 4) is 22.6 Å². The van der Waals surface area contributed by atoms with E-state index in [2.05, 4.69) is 9.88 Å². The van der Waals surface area contributed by atoms with E-state index in [9.17, 15) is 4.79 Å². The SMILES string of the molecule is COc1cccc(-c2cc(C(=O)N3CCN(c4ccccn4)CC3)ccc2OC)c1. The molecule has 0 aliphatic carbocycles.